The third-order valence-corrected chi connectivity index (χ3v) is 4.95. The van der Waals surface area contributed by atoms with Gasteiger partial charge in [-0.2, -0.15) is 0 Å². The number of aromatic nitrogens is 2. The van der Waals surface area contributed by atoms with E-state index in [4.69, 9.17) is 0 Å². The highest BCUT2D eigenvalue weighted by Crippen LogP contribution is 2.22. The van der Waals surface area contributed by atoms with Crippen molar-refractivity contribution in [3.63, 3.8) is 0 Å². The maximum atomic E-state index is 12.6. The van der Waals surface area contributed by atoms with Gasteiger partial charge in [0, 0.05) is 43.7 Å². The molecule has 0 spiro atoms. The molecule has 0 unspecified atom stereocenters. The number of aliphatic imine (C=N–C) groups is 1. The number of allylic oxidation sites excluding steroid dienone is 5. The van der Waals surface area contributed by atoms with Crippen molar-refractivity contribution in [2.45, 2.75) is 26.2 Å². The molecule has 1 N–H and O–H groups in total. The van der Waals surface area contributed by atoms with Gasteiger partial charge in [-0.15, -0.1) is 0 Å². The van der Waals surface area contributed by atoms with Crippen LogP contribution in [0.4, 0.5) is 5.82 Å². The van der Waals surface area contributed by atoms with Crippen molar-refractivity contribution in [1.82, 2.24) is 19.8 Å². The third-order valence-electron chi connectivity index (χ3n) is 4.95. The zero-order chi connectivity index (χ0) is 22.4. The summed E-state index contributed by atoms with van der Waals surface area (Å²) in [5.41, 5.74) is 3.18. The summed E-state index contributed by atoms with van der Waals surface area (Å²) in [6.45, 7) is 2.40. The maximum Gasteiger partial charge on any atom is 0.270 e. The normalized spacial score (nSPS) is 16.3. The molecule has 31 heavy (non-hydrogen) atoms. The molecule has 3 heterocycles. The minimum atomic E-state index is -0.340. The highest BCUT2D eigenvalue weighted by molar-refractivity contribution is 6.09. The van der Waals surface area contributed by atoms with E-state index in [1.54, 1.807) is 31.4 Å². The molecule has 162 valence electrons. The average Bonchev–Trinajstić information content (AvgIpc) is 2.98. The van der Waals surface area contributed by atoms with Gasteiger partial charge in [0.1, 0.15) is 12.0 Å². The van der Waals surface area contributed by atoms with Crippen LogP contribution in [0.5, 0.6) is 0 Å². The Morgan fingerprint density at radius 3 is 2.71 bits per heavy atom. The number of nitrogens with one attached hydrogen (secondary N) is 1. The van der Waals surface area contributed by atoms with Gasteiger partial charge >= 0.3 is 0 Å². The minimum absolute atomic E-state index is 0.0571. The van der Waals surface area contributed by atoms with Crippen molar-refractivity contribution in [2.24, 2.45) is 4.99 Å². The lowest BCUT2D eigenvalue weighted by atomic mass is 10.0. The van der Waals surface area contributed by atoms with Crippen LogP contribution >= 0.6 is 0 Å². The average molecular weight is 422 g/mol. The molecule has 0 bridgehead atoms. The van der Waals surface area contributed by atoms with Gasteiger partial charge in [-0.1, -0.05) is 12.2 Å². The van der Waals surface area contributed by atoms with Crippen LogP contribution in [0.2, 0.25) is 0 Å². The number of anilines is 1. The first-order valence-corrected chi connectivity index (χ1v) is 10.1. The molecule has 2 aliphatic heterocycles. The van der Waals surface area contributed by atoms with Crippen molar-refractivity contribution < 1.29 is 14.4 Å². The molecule has 1 aromatic rings. The van der Waals surface area contributed by atoms with Crippen molar-refractivity contribution in [1.29, 1.82) is 0 Å². The van der Waals surface area contributed by atoms with Crippen LogP contribution < -0.4 is 5.32 Å². The molecule has 0 fully saturated rings. The summed E-state index contributed by atoms with van der Waals surface area (Å²) in [5.74, 6) is -0.318. The third kappa shape index (κ3) is 5.50. The second-order valence-corrected chi connectivity index (χ2v) is 7.55. The van der Waals surface area contributed by atoms with Gasteiger partial charge in [-0.25, -0.2) is 4.98 Å². The summed E-state index contributed by atoms with van der Waals surface area (Å²) in [6, 6.07) is 0. The first kappa shape index (κ1) is 22.1. The second-order valence-electron chi connectivity index (χ2n) is 7.55. The predicted molar refractivity (Wildman–Crippen MR) is 118 cm³/mol. The Morgan fingerprint density at radius 1 is 1.23 bits per heavy atom. The van der Waals surface area contributed by atoms with Gasteiger partial charge in [0.15, 0.2) is 5.82 Å². The van der Waals surface area contributed by atoms with Crippen LogP contribution in [0.3, 0.4) is 0 Å². The molecule has 3 rings (SSSR count). The number of aldehydes is 1. The maximum absolute atomic E-state index is 12.6. The number of hydrogen-bond donors (Lipinski definition) is 1. The first-order chi connectivity index (χ1) is 14.9. The highest BCUT2D eigenvalue weighted by atomic mass is 16.2. The van der Waals surface area contributed by atoms with Gasteiger partial charge in [0.05, 0.1) is 24.6 Å². The van der Waals surface area contributed by atoms with Gasteiger partial charge in [0.25, 0.3) is 5.91 Å². The molecular formula is C22H26N6O3. The van der Waals surface area contributed by atoms with Crippen LogP contribution in [0.15, 0.2) is 46.5 Å². The fraction of sp³-hybridized carbons (Fsp3) is 0.364. The number of likely N-dealkylation sites (N-methyl/N-ethyl adjacent to an activating group) is 1. The van der Waals surface area contributed by atoms with Gasteiger partial charge in [0.2, 0.25) is 5.91 Å². The zero-order valence-electron chi connectivity index (χ0n) is 18.0. The topological polar surface area (TPSA) is 108 Å². The van der Waals surface area contributed by atoms with E-state index in [9.17, 15) is 14.4 Å². The summed E-state index contributed by atoms with van der Waals surface area (Å²) >= 11 is 0. The summed E-state index contributed by atoms with van der Waals surface area (Å²) in [4.78, 5) is 52.6. The Balaban J connectivity index is 1.68. The van der Waals surface area contributed by atoms with Gasteiger partial charge < -0.3 is 15.1 Å². The van der Waals surface area contributed by atoms with E-state index in [0.717, 1.165) is 17.7 Å². The Kier molecular flexibility index (Phi) is 7.07. The minimum Gasteiger partial charge on any atom is -0.357 e. The van der Waals surface area contributed by atoms with E-state index < -0.39 is 0 Å². The van der Waals surface area contributed by atoms with Crippen LogP contribution in [-0.2, 0) is 14.4 Å². The van der Waals surface area contributed by atoms with Crippen LogP contribution in [0, 0.1) is 0 Å². The summed E-state index contributed by atoms with van der Waals surface area (Å²) in [6.07, 6.45) is 11.5. The summed E-state index contributed by atoms with van der Waals surface area (Å²) in [7, 11) is 3.24. The molecule has 0 aromatic carbocycles. The van der Waals surface area contributed by atoms with Gasteiger partial charge in [-0.05, 0) is 26.2 Å². The van der Waals surface area contributed by atoms with E-state index in [1.165, 1.54) is 11.1 Å². The van der Waals surface area contributed by atoms with E-state index >= 15 is 0 Å². The Hall–Kier alpha value is -3.62. The first-order valence-electron chi connectivity index (χ1n) is 10.1. The Labute approximate surface area is 181 Å². The zero-order valence-corrected chi connectivity index (χ0v) is 18.0. The number of hydrogen-bond acceptors (Lipinski definition) is 7. The van der Waals surface area contributed by atoms with Crippen LogP contribution in [-0.4, -0.2) is 71.3 Å². The highest BCUT2D eigenvalue weighted by Gasteiger charge is 2.28. The molecule has 0 saturated carbocycles. The molecule has 0 atom stereocenters. The number of carbonyl (C=O) groups excluding carboxylic acids is 3. The van der Waals surface area contributed by atoms with Gasteiger partial charge in [-0.3, -0.25) is 24.4 Å². The fourth-order valence-electron chi connectivity index (χ4n) is 3.35. The lowest BCUT2D eigenvalue weighted by molar-refractivity contribution is -0.127. The lowest BCUT2D eigenvalue weighted by Gasteiger charge is -2.32. The molecule has 0 aliphatic carbocycles. The molecule has 9 nitrogen and oxygen atoms in total. The molecule has 2 aliphatic rings. The number of carbonyl (C=O) groups is 3. The molecular weight excluding hydrogens is 396 g/mol. The SMILES string of the molecule is CC1=CCC=C(c2cnc(NC(=O)CN3CCCC(C=O)=C3C(=O)N(C)C)cn2)C=N1. The summed E-state index contributed by atoms with van der Waals surface area (Å²) in [5, 5.41) is 2.71. The number of amides is 2. The quantitative estimate of drug-likeness (QED) is 0.701. The fourth-order valence-corrected chi connectivity index (χ4v) is 3.35. The molecule has 0 saturated heterocycles. The number of rotatable bonds is 6. The Morgan fingerprint density at radius 2 is 2.03 bits per heavy atom. The van der Waals surface area contributed by atoms with E-state index in [2.05, 4.69) is 20.3 Å². The van der Waals surface area contributed by atoms with E-state index in [1.807, 2.05) is 19.1 Å². The van der Waals surface area contributed by atoms with Crippen LogP contribution in [0.25, 0.3) is 5.57 Å². The number of nitrogens with zero attached hydrogens (tertiary/aromatic N) is 5. The molecule has 2 amide bonds. The molecule has 0 radical (unpaired) electrons. The lowest BCUT2D eigenvalue weighted by Crippen LogP contribution is -2.42. The standard InChI is InChI=1S/C22H26N6O3/c1-15-6-4-7-16(10-23-15)18-11-25-19(12-24-18)26-20(30)13-28-9-5-8-17(14-29)21(28)22(31)27(2)3/h6-7,10-12,14H,4-5,8-9,13H2,1-3H3,(H,25,26,30). The van der Waals surface area contributed by atoms with E-state index in [-0.39, 0.29) is 24.1 Å². The molecule has 9 heteroatoms. The largest absolute Gasteiger partial charge is 0.357 e. The molecule has 1 aromatic heterocycles. The van der Waals surface area contributed by atoms with E-state index in [0.29, 0.717) is 42.8 Å². The predicted octanol–water partition coefficient (Wildman–Crippen LogP) is 1.81. The second kappa shape index (κ2) is 9.92. The van der Waals surface area contributed by atoms with Crippen LogP contribution in [0.1, 0.15) is 31.9 Å². The Bertz CT molecular complexity index is 989. The van der Waals surface area contributed by atoms with Crippen molar-refractivity contribution in [3.05, 3.63) is 47.2 Å². The van der Waals surface area contributed by atoms with Crippen molar-refractivity contribution in [2.75, 3.05) is 32.5 Å². The summed E-state index contributed by atoms with van der Waals surface area (Å²) < 4.78 is 0. The van der Waals surface area contributed by atoms with Crippen molar-refractivity contribution in [3.8, 4) is 0 Å². The monoisotopic (exact) mass is 422 g/mol. The smallest absolute Gasteiger partial charge is 0.270 e. The van der Waals surface area contributed by atoms with Crippen molar-refractivity contribution >= 4 is 35.7 Å².